The first kappa shape index (κ1) is 20.3. The molecule has 1 saturated carbocycles. The molecule has 4 aliphatic rings. The molecule has 1 aliphatic carbocycles. The molecule has 1 saturated heterocycles. The van der Waals surface area contributed by atoms with Gasteiger partial charge in [0.05, 0.1) is 0 Å². The Hall–Kier alpha value is -2.33. The molecule has 0 bridgehead atoms. The Morgan fingerprint density at radius 3 is 2.06 bits per heavy atom. The van der Waals surface area contributed by atoms with Crippen LogP contribution in [-0.2, 0) is 25.9 Å². The summed E-state index contributed by atoms with van der Waals surface area (Å²) in [6.45, 7) is 5.74. The van der Waals surface area contributed by atoms with Gasteiger partial charge in [0.2, 0.25) is 0 Å². The zero-order chi connectivity index (χ0) is 21.5. The van der Waals surface area contributed by atoms with Crippen LogP contribution in [0.5, 0.6) is 0 Å². The lowest BCUT2D eigenvalue weighted by Crippen LogP contribution is -2.44. The molecule has 2 aromatic carbocycles. The van der Waals surface area contributed by atoms with Gasteiger partial charge in [0.25, 0.3) is 0 Å². The van der Waals surface area contributed by atoms with E-state index in [0.717, 1.165) is 45.1 Å². The van der Waals surface area contributed by atoms with E-state index < -0.39 is 0 Å². The number of fused-ring (bicyclic) bond motifs is 2. The third kappa shape index (κ3) is 3.83. The molecule has 0 N–H and O–H groups in total. The lowest BCUT2D eigenvalue weighted by molar-refractivity contribution is 0.133. The summed E-state index contributed by atoms with van der Waals surface area (Å²) in [5, 5.41) is 0. The minimum absolute atomic E-state index is 0.220. The van der Waals surface area contributed by atoms with Crippen LogP contribution in [-0.4, -0.2) is 53.0 Å². The average Bonchev–Trinajstić information content (AvgIpc) is 3.13. The van der Waals surface area contributed by atoms with Crippen LogP contribution in [0.3, 0.4) is 0 Å². The van der Waals surface area contributed by atoms with Crippen molar-refractivity contribution in [3.05, 3.63) is 70.3 Å². The van der Waals surface area contributed by atoms with Gasteiger partial charge in [0.15, 0.2) is 0 Å². The Morgan fingerprint density at radius 1 is 0.719 bits per heavy atom. The molecule has 4 heteroatoms. The van der Waals surface area contributed by atoms with Crippen LogP contribution in [0.2, 0.25) is 0 Å². The molecule has 3 aliphatic heterocycles. The van der Waals surface area contributed by atoms with Crippen molar-refractivity contribution in [2.45, 2.75) is 70.0 Å². The summed E-state index contributed by atoms with van der Waals surface area (Å²) < 4.78 is 0. The largest absolute Gasteiger partial charge is 0.325 e. The van der Waals surface area contributed by atoms with Crippen molar-refractivity contribution < 1.29 is 4.79 Å². The standard InChI is InChI=1S/C28H35N3O/c32-28(31-19-25-4-1-2-5-26(25)20-31)30-16-11-22(12-17-30)23-9-8-21-10-14-29(27-6-3-7-27)15-13-24(21)18-23/h1-2,4-5,8-9,18,22,27H,3,6-7,10-17,19-20H2. The van der Waals surface area contributed by atoms with E-state index in [1.54, 1.807) is 11.1 Å². The number of amides is 2. The molecule has 0 unspecified atom stereocenters. The van der Waals surface area contributed by atoms with Gasteiger partial charge >= 0.3 is 6.03 Å². The fourth-order valence-electron chi connectivity index (χ4n) is 6.21. The summed E-state index contributed by atoms with van der Waals surface area (Å²) in [5.41, 5.74) is 7.25. The highest BCUT2D eigenvalue weighted by atomic mass is 16.2. The Labute approximate surface area is 192 Å². The van der Waals surface area contributed by atoms with Crippen molar-refractivity contribution >= 4 is 6.03 Å². The van der Waals surface area contributed by atoms with Crippen LogP contribution in [0.1, 0.15) is 65.8 Å². The first-order chi connectivity index (χ1) is 15.7. The predicted molar refractivity (Wildman–Crippen MR) is 128 cm³/mol. The molecule has 3 heterocycles. The SMILES string of the molecule is O=C(N1CCC(c2ccc3c(c2)CCN(C2CCC2)CC3)CC1)N1Cc2ccccc2C1. The van der Waals surface area contributed by atoms with Crippen LogP contribution in [0.25, 0.3) is 0 Å². The maximum Gasteiger partial charge on any atom is 0.320 e. The summed E-state index contributed by atoms with van der Waals surface area (Å²) in [6.07, 6.45) is 8.80. The van der Waals surface area contributed by atoms with E-state index in [-0.39, 0.29) is 6.03 Å². The maximum atomic E-state index is 13.1. The Bertz CT molecular complexity index is 965. The molecule has 0 radical (unpaired) electrons. The molecule has 2 fully saturated rings. The zero-order valence-electron chi connectivity index (χ0n) is 19.1. The summed E-state index contributed by atoms with van der Waals surface area (Å²) >= 11 is 0. The number of likely N-dealkylation sites (tertiary alicyclic amines) is 1. The van der Waals surface area contributed by atoms with E-state index in [9.17, 15) is 4.79 Å². The summed E-state index contributed by atoms with van der Waals surface area (Å²) in [6, 6.07) is 16.8. The van der Waals surface area contributed by atoms with Gasteiger partial charge in [0, 0.05) is 45.3 Å². The van der Waals surface area contributed by atoms with Gasteiger partial charge in [-0.05, 0) is 72.3 Å². The molecule has 6 rings (SSSR count). The van der Waals surface area contributed by atoms with Crippen molar-refractivity contribution in [2.75, 3.05) is 26.2 Å². The van der Waals surface area contributed by atoms with Gasteiger partial charge in [-0.15, -0.1) is 0 Å². The van der Waals surface area contributed by atoms with E-state index in [2.05, 4.69) is 52.3 Å². The Morgan fingerprint density at radius 2 is 1.41 bits per heavy atom. The molecule has 2 aromatic rings. The van der Waals surface area contributed by atoms with Crippen molar-refractivity contribution in [3.8, 4) is 0 Å². The van der Waals surface area contributed by atoms with E-state index in [4.69, 9.17) is 0 Å². The van der Waals surface area contributed by atoms with E-state index in [1.165, 1.54) is 61.9 Å². The second kappa shape index (κ2) is 8.55. The fraction of sp³-hybridized carbons (Fsp3) is 0.536. The predicted octanol–water partition coefficient (Wildman–Crippen LogP) is 4.95. The van der Waals surface area contributed by atoms with Crippen LogP contribution < -0.4 is 0 Å². The van der Waals surface area contributed by atoms with Crippen molar-refractivity contribution in [2.24, 2.45) is 0 Å². The third-order valence-corrected chi connectivity index (χ3v) is 8.51. The number of carbonyl (C=O) groups is 1. The normalized spacial score (nSPS) is 22.2. The van der Waals surface area contributed by atoms with Gasteiger partial charge in [-0.1, -0.05) is 48.9 Å². The molecular weight excluding hydrogens is 394 g/mol. The molecule has 0 aromatic heterocycles. The lowest BCUT2D eigenvalue weighted by atomic mass is 9.87. The van der Waals surface area contributed by atoms with Gasteiger partial charge < -0.3 is 9.80 Å². The van der Waals surface area contributed by atoms with Crippen LogP contribution >= 0.6 is 0 Å². The first-order valence-electron chi connectivity index (χ1n) is 12.7. The summed E-state index contributed by atoms with van der Waals surface area (Å²) in [7, 11) is 0. The first-order valence-corrected chi connectivity index (χ1v) is 12.7. The second-order valence-corrected chi connectivity index (χ2v) is 10.3. The number of hydrogen-bond acceptors (Lipinski definition) is 2. The van der Waals surface area contributed by atoms with E-state index >= 15 is 0 Å². The highest BCUT2D eigenvalue weighted by Gasteiger charge is 2.31. The molecule has 32 heavy (non-hydrogen) atoms. The smallest absolute Gasteiger partial charge is 0.320 e. The molecule has 168 valence electrons. The second-order valence-electron chi connectivity index (χ2n) is 10.3. The highest BCUT2D eigenvalue weighted by molar-refractivity contribution is 5.75. The molecule has 4 nitrogen and oxygen atoms in total. The fourth-order valence-corrected chi connectivity index (χ4v) is 6.21. The number of rotatable bonds is 2. The Balaban J connectivity index is 1.06. The van der Waals surface area contributed by atoms with Crippen molar-refractivity contribution in [3.63, 3.8) is 0 Å². The average molecular weight is 430 g/mol. The molecule has 2 amide bonds. The maximum absolute atomic E-state index is 13.1. The molecule has 0 atom stereocenters. The van der Waals surface area contributed by atoms with Crippen LogP contribution in [0, 0.1) is 0 Å². The number of nitrogens with zero attached hydrogens (tertiary/aromatic N) is 3. The quantitative estimate of drug-likeness (QED) is 0.675. The third-order valence-electron chi connectivity index (χ3n) is 8.51. The number of carbonyl (C=O) groups excluding carboxylic acids is 1. The van der Waals surface area contributed by atoms with Gasteiger partial charge in [0.1, 0.15) is 0 Å². The Kier molecular flexibility index (Phi) is 5.42. The van der Waals surface area contributed by atoms with Gasteiger partial charge in [-0.3, -0.25) is 4.90 Å². The highest BCUT2D eigenvalue weighted by Crippen LogP contribution is 2.33. The van der Waals surface area contributed by atoms with Crippen LogP contribution in [0.4, 0.5) is 4.79 Å². The monoisotopic (exact) mass is 429 g/mol. The van der Waals surface area contributed by atoms with E-state index in [0.29, 0.717) is 5.92 Å². The van der Waals surface area contributed by atoms with Crippen molar-refractivity contribution in [1.82, 2.24) is 14.7 Å². The van der Waals surface area contributed by atoms with E-state index in [1.807, 2.05) is 4.90 Å². The number of piperidine rings is 1. The van der Waals surface area contributed by atoms with Gasteiger partial charge in [-0.2, -0.15) is 0 Å². The molecular formula is C28H35N3O. The minimum atomic E-state index is 0.220. The minimum Gasteiger partial charge on any atom is -0.325 e. The lowest BCUT2D eigenvalue weighted by Gasteiger charge is -2.36. The van der Waals surface area contributed by atoms with Crippen LogP contribution in [0.15, 0.2) is 42.5 Å². The van der Waals surface area contributed by atoms with Gasteiger partial charge in [-0.25, -0.2) is 4.79 Å². The number of hydrogen-bond donors (Lipinski definition) is 0. The number of urea groups is 1. The molecule has 0 spiro atoms. The zero-order valence-corrected chi connectivity index (χ0v) is 19.1. The summed E-state index contributed by atoms with van der Waals surface area (Å²) in [5.74, 6) is 0.589. The topological polar surface area (TPSA) is 26.8 Å². The summed E-state index contributed by atoms with van der Waals surface area (Å²) in [4.78, 5) is 19.9. The number of benzene rings is 2. The van der Waals surface area contributed by atoms with Crippen molar-refractivity contribution in [1.29, 1.82) is 0 Å².